The third kappa shape index (κ3) is 3.69. The van der Waals surface area contributed by atoms with Crippen LogP contribution in [0.3, 0.4) is 0 Å². The summed E-state index contributed by atoms with van der Waals surface area (Å²) in [5.41, 5.74) is 5.87. The van der Waals surface area contributed by atoms with Gasteiger partial charge in [0.05, 0.1) is 11.3 Å². The Kier molecular flexibility index (Phi) is 4.94. The number of nitrogens with zero attached hydrogens (tertiary/aromatic N) is 1. The summed E-state index contributed by atoms with van der Waals surface area (Å²) in [6.07, 6.45) is 5.96. The summed E-state index contributed by atoms with van der Waals surface area (Å²) in [5.74, 6) is -0.914. The molecule has 0 saturated heterocycles. The lowest BCUT2D eigenvalue weighted by Gasteiger charge is -2.33. The van der Waals surface area contributed by atoms with E-state index in [2.05, 4.69) is 37.2 Å². The Morgan fingerprint density at radius 3 is 2.42 bits per heavy atom. The average Bonchev–Trinajstić information content (AvgIpc) is 2.63. The maximum absolute atomic E-state index is 10.9. The van der Waals surface area contributed by atoms with Crippen molar-refractivity contribution >= 4 is 23.8 Å². The van der Waals surface area contributed by atoms with Gasteiger partial charge >= 0.3 is 5.97 Å². The van der Waals surface area contributed by atoms with Gasteiger partial charge in [0.1, 0.15) is 7.11 Å². The third-order valence-electron chi connectivity index (χ3n) is 4.90. The smallest absolute Gasteiger partial charge is 0.335 e. The van der Waals surface area contributed by atoms with Crippen molar-refractivity contribution in [3.63, 3.8) is 0 Å². The van der Waals surface area contributed by atoms with Gasteiger partial charge in [-0.1, -0.05) is 55.4 Å². The number of carboxylic acid groups (broad SMARTS) is 1. The van der Waals surface area contributed by atoms with E-state index in [1.165, 1.54) is 5.56 Å². The molecule has 1 aliphatic carbocycles. The largest absolute Gasteiger partial charge is 0.478 e. The van der Waals surface area contributed by atoms with E-state index in [0.717, 1.165) is 35.2 Å². The molecule has 0 radical (unpaired) electrons. The zero-order valence-corrected chi connectivity index (χ0v) is 15.3. The average molecular weight is 349 g/mol. The molecule has 0 aromatic heterocycles. The van der Waals surface area contributed by atoms with Gasteiger partial charge in [0.25, 0.3) is 0 Å². The van der Waals surface area contributed by atoms with Gasteiger partial charge in [0, 0.05) is 5.56 Å². The molecule has 4 heteroatoms. The molecule has 1 N–H and O–H groups in total. The molecule has 0 atom stereocenters. The minimum Gasteiger partial charge on any atom is -0.478 e. The van der Waals surface area contributed by atoms with Crippen LogP contribution in [0.4, 0.5) is 0 Å². The van der Waals surface area contributed by atoms with Crippen LogP contribution in [0.25, 0.3) is 12.2 Å². The van der Waals surface area contributed by atoms with E-state index >= 15 is 0 Å². The normalized spacial score (nSPS) is 17.3. The van der Waals surface area contributed by atoms with E-state index in [-0.39, 0.29) is 5.41 Å². The number of hydrogen-bond donors (Lipinski definition) is 1. The summed E-state index contributed by atoms with van der Waals surface area (Å²) in [7, 11) is 1.58. The molecule has 0 aliphatic heterocycles. The number of rotatable bonds is 4. The van der Waals surface area contributed by atoms with Crippen molar-refractivity contribution in [2.24, 2.45) is 5.16 Å². The van der Waals surface area contributed by atoms with Crippen molar-refractivity contribution in [2.75, 3.05) is 7.11 Å². The van der Waals surface area contributed by atoms with Crippen molar-refractivity contribution in [3.05, 3.63) is 70.3 Å². The summed E-state index contributed by atoms with van der Waals surface area (Å²) in [4.78, 5) is 16.0. The number of hydrogen-bond acceptors (Lipinski definition) is 3. The molecule has 3 rings (SSSR count). The van der Waals surface area contributed by atoms with Gasteiger partial charge in [-0.25, -0.2) is 4.79 Å². The van der Waals surface area contributed by atoms with Crippen molar-refractivity contribution in [3.8, 4) is 0 Å². The van der Waals surface area contributed by atoms with Crippen molar-refractivity contribution in [1.82, 2.24) is 0 Å². The fourth-order valence-corrected chi connectivity index (χ4v) is 3.33. The minimum atomic E-state index is -0.914. The Labute approximate surface area is 153 Å². The lowest BCUT2D eigenvalue weighted by Crippen LogP contribution is -2.27. The molecule has 2 aromatic carbocycles. The SMILES string of the molecule is CON=C1CCC(C)(C)c2ccc(/C=C/c3ccc(C(=O)O)cc3)cc21. The summed E-state index contributed by atoms with van der Waals surface area (Å²) >= 11 is 0. The highest BCUT2D eigenvalue weighted by Gasteiger charge is 2.30. The molecule has 134 valence electrons. The predicted molar refractivity (Wildman–Crippen MR) is 105 cm³/mol. The summed E-state index contributed by atoms with van der Waals surface area (Å²) in [6.45, 7) is 4.52. The van der Waals surface area contributed by atoms with E-state index in [9.17, 15) is 4.79 Å². The number of fused-ring (bicyclic) bond motifs is 1. The molecular formula is C22H23NO3. The first-order valence-corrected chi connectivity index (χ1v) is 8.67. The van der Waals surface area contributed by atoms with E-state index in [1.54, 1.807) is 31.4 Å². The molecule has 0 fully saturated rings. The quantitative estimate of drug-likeness (QED) is 0.626. The van der Waals surface area contributed by atoms with Gasteiger partial charge in [-0.05, 0) is 53.1 Å². The standard InChI is InChI=1S/C22H23NO3/c1-22(2)13-12-20(23-26-3)18-14-16(8-11-19(18)22)5-4-15-6-9-17(10-7-15)21(24)25/h4-11,14H,12-13H2,1-3H3,(H,24,25)/b5-4+,23-20?. The monoisotopic (exact) mass is 349 g/mol. The molecule has 0 amide bonds. The van der Waals surface area contributed by atoms with Gasteiger partial charge in [0.2, 0.25) is 0 Å². The molecule has 0 heterocycles. The van der Waals surface area contributed by atoms with Crippen LogP contribution in [0.5, 0.6) is 0 Å². The fourth-order valence-electron chi connectivity index (χ4n) is 3.33. The van der Waals surface area contributed by atoms with Crippen LogP contribution in [-0.2, 0) is 10.3 Å². The lowest BCUT2D eigenvalue weighted by atomic mass is 9.71. The number of carboxylic acids is 1. The molecule has 1 aliphatic rings. The van der Waals surface area contributed by atoms with E-state index < -0.39 is 5.97 Å². The molecule has 0 bridgehead atoms. The molecule has 26 heavy (non-hydrogen) atoms. The van der Waals surface area contributed by atoms with E-state index in [4.69, 9.17) is 9.94 Å². The summed E-state index contributed by atoms with van der Waals surface area (Å²) in [5, 5.41) is 13.2. The van der Waals surface area contributed by atoms with Crippen LogP contribution in [0.2, 0.25) is 0 Å². The summed E-state index contributed by atoms with van der Waals surface area (Å²) < 4.78 is 0. The first kappa shape index (κ1) is 17.9. The van der Waals surface area contributed by atoms with Crippen molar-refractivity contribution in [1.29, 1.82) is 0 Å². The Bertz CT molecular complexity index is 877. The molecular weight excluding hydrogens is 326 g/mol. The Morgan fingerprint density at radius 2 is 1.77 bits per heavy atom. The highest BCUT2D eigenvalue weighted by atomic mass is 16.6. The second kappa shape index (κ2) is 7.16. The van der Waals surface area contributed by atoms with Gasteiger partial charge < -0.3 is 9.94 Å². The van der Waals surface area contributed by atoms with E-state index in [0.29, 0.717) is 5.56 Å². The predicted octanol–water partition coefficient (Wildman–Crippen LogP) is 4.98. The van der Waals surface area contributed by atoms with Crippen LogP contribution in [0.1, 0.15) is 59.3 Å². The number of aromatic carboxylic acids is 1. The fraction of sp³-hybridized carbons (Fsp3) is 0.273. The Balaban J connectivity index is 1.91. The van der Waals surface area contributed by atoms with Crippen LogP contribution in [0, 0.1) is 0 Å². The second-order valence-electron chi connectivity index (χ2n) is 7.17. The molecule has 2 aromatic rings. The van der Waals surface area contributed by atoms with Gasteiger partial charge in [0.15, 0.2) is 0 Å². The van der Waals surface area contributed by atoms with Crippen LogP contribution in [-0.4, -0.2) is 23.9 Å². The maximum atomic E-state index is 10.9. The van der Waals surface area contributed by atoms with Gasteiger partial charge in [-0.2, -0.15) is 0 Å². The lowest BCUT2D eigenvalue weighted by molar-refractivity contribution is 0.0697. The van der Waals surface area contributed by atoms with Crippen molar-refractivity contribution in [2.45, 2.75) is 32.1 Å². The van der Waals surface area contributed by atoms with Gasteiger partial charge in [-0.3, -0.25) is 0 Å². The molecule has 4 nitrogen and oxygen atoms in total. The number of benzene rings is 2. The zero-order chi connectivity index (χ0) is 18.7. The van der Waals surface area contributed by atoms with Crippen LogP contribution >= 0.6 is 0 Å². The van der Waals surface area contributed by atoms with Gasteiger partial charge in [-0.15, -0.1) is 0 Å². The van der Waals surface area contributed by atoms with E-state index in [1.807, 2.05) is 12.2 Å². The first-order chi connectivity index (χ1) is 12.4. The third-order valence-corrected chi connectivity index (χ3v) is 4.90. The van der Waals surface area contributed by atoms with Crippen LogP contribution in [0.15, 0.2) is 47.6 Å². The number of oxime groups is 1. The highest BCUT2D eigenvalue weighted by Crippen LogP contribution is 2.37. The molecule has 0 unspecified atom stereocenters. The Morgan fingerprint density at radius 1 is 1.12 bits per heavy atom. The first-order valence-electron chi connectivity index (χ1n) is 8.67. The van der Waals surface area contributed by atoms with Crippen molar-refractivity contribution < 1.29 is 14.7 Å². The van der Waals surface area contributed by atoms with Crippen LogP contribution < -0.4 is 0 Å². The summed E-state index contributed by atoms with van der Waals surface area (Å²) in [6, 6.07) is 13.3. The molecule has 0 spiro atoms. The molecule has 0 saturated carbocycles. The topological polar surface area (TPSA) is 58.9 Å². The number of carbonyl (C=O) groups is 1. The second-order valence-corrected chi connectivity index (χ2v) is 7.17. The zero-order valence-electron chi connectivity index (χ0n) is 15.3. The maximum Gasteiger partial charge on any atom is 0.335 e. The Hall–Kier alpha value is -2.88. The highest BCUT2D eigenvalue weighted by molar-refractivity contribution is 6.03. The minimum absolute atomic E-state index is 0.122.